The van der Waals surface area contributed by atoms with Crippen molar-refractivity contribution in [3.05, 3.63) is 141 Å². The van der Waals surface area contributed by atoms with Crippen molar-refractivity contribution in [1.82, 2.24) is 5.32 Å². The SMILES string of the molecule is Cc1ccc(N(CC(=O)O)CC(=O)O)c(OCCOc2cc(CNC(=O)c3ccc(C4=C5C=C(F)C(=O)C=C5Cc5cc(O)c(F)cc54)c(C(=O)O)c3)ccc2N(CC(=O)O)CC(=O)O)c1. The highest BCUT2D eigenvalue weighted by molar-refractivity contribution is 6.09. The molecule has 0 aromatic heterocycles. The third-order valence-corrected chi connectivity index (χ3v) is 10.2. The Morgan fingerprint density at radius 1 is 0.697 bits per heavy atom. The Balaban J connectivity index is 1.26. The Labute approximate surface area is 372 Å². The van der Waals surface area contributed by atoms with Gasteiger partial charge in [-0.15, -0.1) is 0 Å². The Morgan fingerprint density at radius 2 is 1.27 bits per heavy atom. The minimum absolute atomic E-state index is 0.00144. The summed E-state index contributed by atoms with van der Waals surface area (Å²) in [4.78, 5) is 87.2. The van der Waals surface area contributed by atoms with Crippen LogP contribution in [0.5, 0.6) is 17.2 Å². The predicted molar refractivity (Wildman–Crippen MR) is 228 cm³/mol. The molecule has 1 amide bonds. The van der Waals surface area contributed by atoms with E-state index in [1.165, 1.54) is 36.4 Å². The number of halogens is 2. The molecular weight excluding hydrogens is 873 g/mol. The number of anilines is 2. The molecule has 2 aliphatic rings. The molecule has 4 aromatic rings. The number of fused-ring (bicyclic) bond motifs is 2. The molecule has 0 unspecified atom stereocenters. The quantitative estimate of drug-likeness (QED) is 0.0597. The fourth-order valence-electron chi connectivity index (χ4n) is 7.42. The Morgan fingerprint density at radius 3 is 1.85 bits per heavy atom. The van der Waals surface area contributed by atoms with E-state index >= 15 is 0 Å². The number of nitrogens with one attached hydrogen (secondary N) is 1. The number of nitrogens with zero attached hydrogens (tertiary/aromatic N) is 2. The van der Waals surface area contributed by atoms with E-state index in [-0.39, 0.29) is 76.9 Å². The first-order valence-corrected chi connectivity index (χ1v) is 19.7. The first-order valence-electron chi connectivity index (χ1n) is 19.7. The van der Waals surface area contributed by atoms with Crippen molar-refractivity contribution in [2.45, 2.75) is 19.9 Å². The summed E-state index contributed by atoms with van der Waals surface area (Å²) in [6, 6.07) is 14.6. The number of allylic oxidation sites excluding steroid dienone is 5. The van der Waals surface area contributed by atoms with E-state index < -0.39 is 90.7 Å². The predicted octanol–water partition coefficient (Wildman–Crippen LogP) is 4.60. The molecule has 7 N–H and O–H groups in total. The van der Waals surface area contributed by atoms with Gasteiger partial charge < -0.3 is 55.2 Å². The summed E-state index contributed by atoms with van der Waals surface area (Å²) in [6.45, 7) is -1.83. The maximum atomic E-state index is 14.8. The maximum Gasteiger partial charge on any atom is 0.336 e. The van der Waals surface area contributed by atoms with Crippen molar-refractivity contribution in [3.8, 4) is 17.2 Å². The van der Waals surface area contributed by atoms with Crippen molar-refractivity contribution in [3.63, 3.8) is 0 Å². The molecule has 2 aliphatic carbocycles. The highest BCUT2D eigenvalue weighted by Gasteiger charge is 2.31. The van der Waals surface area contributed by atoms with Gasteiger partial charge in [0.2, 0.25) is 5.78 Å². The maximum absolute atomic E-state index is 14.8. The van der Waals surface area contributed by atoms with E-state index in [2.05, 4.69) is 5.32 Å². The van der Waals surface area contributed by atoms with Crippen LogP contribution in [0.1, 0.15) is 48.5 Å². The summed E-state index contributed by atoms with van der Waals surface area (Å²) in [5.41, 5.74) is 1.51. The number of aromatic carboxylic acids is 1. The number of hydrogen-bond donors (Lipinski definition) is 7. The monoisotopic (exact) mass is 911 g/mol. The molecule has 18 nitrogen and oxygen atoms in total. The Bertz CT molecular complexity index is 2770. The molecule has 0 fully saturated rings. The second-order valence-electron chi connectivity index (χ2n) is 15.0. The number of hydrogen-bond acceptors (Lipinski definition) is 12. The van der Waals surface area contributed by atoms with Gasteiger partial charge in [0.25, 0.3) is 5.91 Å². The van der Waals surface area contributed by atoms with Gasteiger partial charge in [-0.05, 0) is 119 Å². The number of amides is 1. The number of aliphatic carboxylic acids is 4. The molecule has 342 valence electrons. The van der Waals surface area contributed by atoms with Gasteiger partial charge in [-0.3, -0.25) is 28.8 Å². The zero-order chi connectivity index (χ0) is 48.0. The highest BCUT2D eigenvalue weighted by atomic mass is 19.1. The molecule has 0 bridgehead atoms. The minimum Gasteiger partial charge on any atom is -0.505 e. The van der Waals surface area contributed by atoms with E-state index in [4.69, 9.17) is 9.47 Å². The van der Waals surface area contributed by atoms with Crippen LogP contribution < -0.4 is 24.6 Å². The number of benzene rings is 4. The number of phenolic OH excluding ortho intramolecular Hbond substituents is 1. The van der Waals surface area contributed by atoms with E-state index in [0.717, 1.165) is 40.2 Å². The lowest BCUT2D eigenvalue weighted by Gasteiger charge is -2.27. The van der Waals surface area contributed by atoms with Gasteiger partial charge in [-0.1, -0.05) is 18.2 Å². The third kappa shape index (κ3) is 11.0. The fraction of sp³-hybridized carbons (Fsp3) is 0.196. The summed E-state index contributed by atoms with van der Waals surface area (Å²) >= 11 is 0. The van der Waals surface area contributed by atoms with Crippen molar-refractivity contribution in [1.29, 1.82) is 0 Å². The van der Waals surface area contributed by atoms with Crippen molar-refractivity contribution < 1.29 is 82.5 Å². The number of aryl methyl sites for hydroxylation is 1. The van der Waals surface area contributed by atoms with Gasteiger partial charge in [0.05, 0.1) is 16.9 Å². The lowest BCUT2D eigenvalue weighted by Crippen LogP contribution is -2.35. The summed E-state index contributed by atoms with van der Waals surface area (Å²) in [5.74, 6) is -11.3. The van der Waals surface area contributed by atoms with E-state index in [9.17, 15) is 73.0 Å². The number of ketones is 1. The Hall–Kier alpha value is -8.55. The molecule has 6 rings (SSSR count). The average Bonchev–Trinajstić information content (AvgIpc) is 3.23. The number of carbonyl (C=O) groups excluding carboxylic acids is 2. The topological polar surface area (TPSA) is 278 Å². The second kappa shape index (κ2) is 19.9. The van der Waals surface area contributed by atoms with Crippen LogP contribution in [0.2, 0.25) is 0 Å². The molecule has 0 aliphatic heterocycles. The van der Waals surface area contributed by atoms with Crippen LogP contribution in [0, 0.1) is 12.7 Å². The summed E-state index contributed by atoms with van der Waals surface area (Å²) in [7, 11) is 0. The van der Waals surface area contributed by atoms with Crippen LogP contribution in [0.15, 0.2) is 95.9 Å². The standard InChI is InChI=1S/C46H39F2N3O15/c1-23-2-6-34(50(19-40(54)55)20-41(56)57)38(10-23)65-8-9-66-39-11-24(3-7-35(39)51(21-42(58)59)22-43(60)61)18-49-45(62)25-4-5-28(31(13-25)46(63)64)44-29-16-32(47)36(52)14-26(29)12-27-15-37(53)33(48)17-30(27)44/h2-7,10-11,13-17,52H,8-9,12,18-22H2,1H3,(H,49,62)(H,54,55)(H,56,57)(H,58,59)(H,60,61)(H,63,64). The van der Waals surface area contributed by atoms with Crippen LogP contribution in [-0.4, -0.2) is 112 Å². The number of aromatic hydroxyl groups is 1. The second-order valence-corrected chi connectivity index (χ2v) is 15.0. The van der Waals surface area contributed by atoms with E-state index in [0.29, 0.717) is 22.3 Å². The summed E-state index contributed by atoms with van der Waals surface area (Å²) in [5, 5.41) is 61.0. The summed E-state index contributed by atoms with van der Waals surface area (Å²) < 4.78 is 41.3. The van der Waals surface area contributed by atoms with Crippen LogP contribution in [0.4, 0.5) is 20.2 Å². The number of rotatable bonds is 20. The first-order chi connectivity index (χ1) is 31.3. The van der Waals surface area contributed by atoms with Gasteiger partial charge in [0, 0.05) is 12.1 Å². The smallest absolute Gasteiger partial charge is 0.336 e. The average molecular weight is 912 g/mol. The van der Waals surface area contributed by atoms with E-state index in [1.54, 1.807) is 19.1 Å². The summed E-state index contributed by atoms with van der Waals surface area (Å²) in [6.07, 6.45) is 1.96. The zero-order valence-corrected chi connectivity index (χ0v) is 34.7. The van der Waals surface area contributed by atoms with Crippen molar-refractivity contribution >= 4 is 58.5 Å². The van der Waals surface area contributed by atoms with Crippen molar-refractivity contribution in [2.75, 3.05) is 49.2 Å². The lowest BCUT2D eigenvalue weighted by molar-refractivity contribution is -0.138. The molecule has 0 saturated heterocycles. The molecule has 20 heteroatoms. The number of carbonyl (C=O) groups is 7. The normalized spacial score (nSPS) is 12.8. The molecule has 0 heterocycles. The third-order valence-electron chi connectivity index (χ3n) is 10.2. The first kappa shape index (κ1) is 46.9. The van der Waals surface area contributed by atoms with Crippen LogP contribution in [0.3, 0.4) is 0 Å². The number of ether oxygens (including phenoxy) is 2. The van der Waals surface area contributed by atoms with Gasteiger partial charge in [-0.2, -0.15) is 0 Å². The van der Waals surface area contributed by atoms with Crippen LogP contribution in [-0.2, 0) is 36.9 Å². The molecule has 0 saturated carbocycles. The molecule has 66 heavy (non-hydrogen) atoms. The number of phenols is 1. The van der Waals surface area contributed by atoms with Crippen LogP contribution >= 0.6 is 0 Å². The zero-order valence-electron chi connectivity index (χ0n) is 34.7. The number of carboxylic acids is 5. The number of carboxylic acid groups (broad SMARTS) is 5. The van der Waals surface area contributed by atoms with Gasteiger partial charge in [0.15, 0.2) is 17.4 Å². The largest absolute Gasteiger partial charge is 0.505 e. The fourth-order valence-corrected chi connectivity index (χ4v) is 7.42. The highest BCUT2D eigenvalue weighted by Crippen LogP contribution is 2.44. The Kier molecular flexibility index (Phi) is 14.1. The minimum atomic E-state index is -1.51. The van der Waals surface area contributed by atoms with E-state index in [1.807, 2.05) is 0 Å². The van der Waals surface area contributed by atoms with Crippen LogP contribution in [0.25, 0.3) is 5.57 Å². The molecule has 0 spiro atoms. The molecule has 0 atom stereocenters. The molecule has 4 aromatic carbocycles. The van der Waals surface area contributed by atoms with Gasteiger partial charge >= 0.3 is 29.8 Å². The molecule has 0 radical (unpaired) electrons. The van der Waals surface area contributed by atoms with Crippen molar-refractivity contribution in [2.24, 2.45) is 0 Å². The van der Waals surface area contributed by atoms with Gasteiger partial charge in [0.1, 0.15) is 50.9 Å². The lowest BCUT2D eigenvalue weighted by atomic mass is 9.76. The van der Waals surface area contributed by atoms with Gasteiger partial charge in [-0.25, -0.2) is 13.6 Å². The molecular formula is C46H39F2N3O15.